The van der Waals surface area contributed by atoms with Crippen molar-refractivity contribution < 1.29 is 9.53 Å². The first-order chi connectivity index (χ1) is 8.06. The summed E-state index contributed by atoms with van der Waals surface area (Å²) in [5, 5.41) is 12.1. The number of hydrogen-bond donors (Lipinski definition) is 0. The maximum Gasteiger partial charge on any atom is 0.378 e. The Morgan fingerprint density at radius 1 is 1.35 bits per heavy atom. The van der Waals surface area contributed by atoms with Gasteiger partial charge in [-0.15, -0.1) is 10.2 Å². The smallest absolute Gasteiger partial charge is 0.378 e. The molecular formula is C10H11ClN4O2. The van der Waals surface area contributed by atoms with Gasteiger partial charge in [0.15, 0.2) is 10.8 Å². The summed E-state index contributed by atoms with van der Waals surface area (Å²) in [4.78, 5) is 11.6. The van der Waals surface area contributed by atoms with E-state index in [0.717, 1.165) is 11.1 Å². The fourth-order valence-corrected chi connectivity index (χ4v) is 1.63. The van der Waals surface area contributed by atoms with Gasteiger partial charge in [0, 0.05) is 5.56 Å². The highest BCUT2D eigenvalue weighted by Crippen LogP contribution is 2.19. The first kappa shape index (κ1) is 11.8. The molecule has 0 spiro atoms. The van der Waals surface area contributed by atoms with Gasteiger partial charge >= 0.3 is 5.97 Å². The summed E-state index contributed by atoms with van der Waals surface area (Å²) in [5.74, 6) is -0.529. The normalized spacial score (nSPS) is 10.8. The molecule has 2 aromatic heterocycles. The van der Waals surface area contributed by atoms with Crippen LogP contribution in [0.5, 0.6) is 0 Å². The lowest BCUT2D eigenvalue weighted by atomic mass is 10.2. The van der Waals surface area contributed by atoms with Crippen molar-refractivity contribution in [2.24, 2.45) is 0 Å². The van der Waals surface area contributed by atoms with Crippen LogP contribution in [-0.2, 0) is 4.74 Å². The van der Waals surface area contributed by atoms with Gasteiger partial charge < -0.3 is 4.74 Å². The molecule has 0 N–H and O–H groups in total. The number of halogens is 1. The Bertz CT molecular complexity index is 593. The van der Waals surface area contributed by atoms with E-state index < -0.39 is 5.97 Å². The van der Waals surface area contributed by atoms with Gasteiger partial charge in [-0.3, -0.25) is 0 Å². The average Bonchev–Trinajstić information content (AvgIpc) is 2.70. The molecule has 90 valence electrons. The molecule has 6 nitrogen and oxygen atoms in total. The number of fused-ring (bicyclic) bond motifs is 1. The number of ether oxygens (including phenoxy) is 1. The lowest BCUT2D eigenvalue weighted by molar-refractivity contribution is 0.0509. The van der Waals surface area contributed by atoms with E-state index in [1.54, 1.807) is 6.92 Å². The van der Waals surface area contributed by atoms with Crippen molar-refractivity contribution >= 4 is 23.2 Å². The van der Waals surface area contributed by atoms with E-state index in [1.165, 1.54) is 4.52 Å². The van der Waals surface area contributed by atoms with E-state index in [4.69, 9.17) is 16.3 Å². The zero-order chi connectivity index (χ0) is 12.6. The Hall–Kier alpha value is -1.69. The fraction of sp³-hybridized carbons (Fsp3) is 0.400. The van der Waals surface area contributed by atoms with Gasteiger partial charge in [0.1, 0.15) is 0 Å². The van der Waals surface area contributed by atoms with Crippen molar-refractivity contribution in [3.05, 3.63) is 22.1 Å². The number of esters is 1. The minimum atomic E-state index is -0.563. The maximum atomic E-state index is 11.6. The van der Waals surface area contributed by atoms with Gasteiger partial charge in [-0.2, -0.15) is 9.61 Å². The molecule has 7 heteroatoms. The average molecular weight is 255 g/mol. The van der Waals surface area contributed by atoms with E-state index in [9.17, 15) is 4.79 Å². The molecule has 2 rings (SSSR count). The third-order valence-corrected chi connectivity index (χ3v) is 2.85. The maximum absolute atomic E-state index is 11.6. The van der Waals surface area contributed by atoms with E-state index >= 15 is 0 Å². The predicted molar refractivity (Wildman–Crippen MR) is 61.2 cm³/mol. The highest BCUT2D eigenvalue weighted by molar-refractivity contribution is 6.30. The standard InChI is InChI=1S/C10H11ClN4O2/c1-4-17-10(16)9-13-12-8-6(3)5(2)7(11)14-15(8)9/h4H2,1-3H3. The molecule has 17 heavy (non-hydrogen) atoms. The van der Waals surface area contributed by atoms with Gasteiger partial charge in [-0.05, 0) is 26.3 Å². The summed E-state index contributed by atoms with van der Waals surface area (Å²) in [5.41, 5.74) is 2.17. The number of carbonyl (C=O) groups excluding carboxylic acids is 1. The highest BCUT2D eigenvalue weighted by Gasteiger charge is 2.19. The summed E-state index contributed by atoms with van der Waals surface area (Å²) in [6.45, 7) is 5.68. The number of rotatable bonds is 2. The number of carbonyl (C=O) groups is 1. The zero-order valence-corrected chi connectivity index (χ0v) is 10.4. The molecule has 2 aromatic rings. The quantitative estimate of drug-likeness (QED) is 0.761. The van der Waals surface area contributed by atoms with Crippen molar-refractivity contribution in [2.45, 2.75) is 20.8 Å². The third kappa shape index (κ3) is 1.84. The van der Waals surface area contributed by atoms with Crippen molar-refractivity contribution in [1.29, 1.82) is 0 Å². The molecule has 0 aliphatic carbocycles. The molecule has 0 unspecified atom stereocenters. The second-order valence-electron chi connectivity index (χ2n) is 3.52. The van der Waals surface area contributed by atoms with Crippen LogP contribution in [0.25, 0.3) is 5.65 Å². The Morgan fingerprint density at radius 3 is 2.71 bits per heavy atom. The lowest BCUT2D eigenvalue weighted by Gasteiger charge is -2.04. The minimum Gasteiger partial charge on any atom is -0.460 e. The lowest BCUT2D eigenvalue weighted by Crippen LogP contribution is -2.12. The fourth-order valence-electron chi connectivity index (χ4n) is 1.42. The Labute approximate surface area is 103 Å². The Kier molecular flexibility index (Phi) is 2.97. The van der Waals surface area contributed by atoms with Crippen molar-refractivity contribution in [2.75, 3.05) is 6.61 Å². The van der Waals surface area contributed by atoms with Crippen LogP contribution in [-0.4, -0.2) is 32.4 Å². The molecule has 0 amide bonds. The number of aromatic nitrogens is 4. The van der Waals surface area contributed by atoms with Gasteiger partial charge in [-0.1, -0.05) is 11.6 Å². The summed E-state index contributed by atoms with van der Waals surface area (Å²) in [6, 6.07) is 0. The van der Waals surface area contributed by atoms with Gasteiger partial charge in [0.25, 0.3) is 5.82 Å². The van der Waals surface area contributed by atoms with Gasteiger partial charge in [0.2, 0.25) is 0 Å². The highest BCUT2D eigenvalue weighted by atomic mass is 35.5. The van der Waals surface area contributed by atoms with Crippen LogP contribution in [0.15, 0.2) is 0 Å². The minimum absolute atomic E-state index is 0.0341. The Morgan fingerprint density at radius 2 is 2.06 bits per heavy atom. The summed E-state index contributed by atoms with van der Waals surface area (Å²) in [7, 11) is 0. The molecule has 0 saturated carbocycles. The van der Waals surface area contributed by atoms with Crippen molar-refractivity contribution in [3.63, 3.8) is 0 Å². The molecule has 0 aliphatic rings. The first-order valence-corrected chi connectivity index (χ1v) is 5.49. The third-order valence-electron chi connectivity index (χ3n) is 2.49. The van der Waals surface area contributed by atoms with Crippen LogP contribution in [0, 0.1) is 13.8 Å². The van der Waals surface area contributed by atoms with E-state index in [1.807, 2.05) is 13.8 Å². The zero-order valence-electron chi connectivity index (χ0n) is 9.69. The molecule has 2 heterocycles. The molecule has 0 bridgehead atoms. The number of aryl methyl sites for hydroxylation is 1. The van der Waals surface area contributed by atoms with E-state index in [2.05, 4.69) is 15.3 Å². The molecular weight excluding hydrogens is 244 g/mol. The largest absolute Gasteiger partial charge is 0.460 e. The van der Waals surface area contributed by atoms with Crippen LogP contribution in [0.3, 0.4) is 0 Å². The monoisotopic (exact) mass is 254 g/mol. The molecule has 0 aliphatic heterocycles. The second kappa shape index (κ2) is 4.29. The summed E-state index contributed by atoms with van der Waals surface area (Å²) < 4.78 is 6.17. The van der Waals surface area contributed by atoms with Crippen LogP contribution >= 0.6 is 11.6 Å². The van der Waals surface area contributed by atoms with Crippen LogP contribution in [0.4, 0.5) is 0 Å². The molecule has 0 fully saturated rings. The molecule has 0 radical (unpaired) electrons. The van der Waals surface area contributed by atoms with Crippen LogP contribution < -0.4 is 0 Å². The van der Waals surface area contributed by atoms with E-state index in [-0.39, 0.29) is 12.4 Å². The van der Waals surface area contributed by atoms with Gasteiger partial charge in [0.05, 0.1) is 6.61 Å². The Balaban J connectivity index is 2.65. The SMILES string of the molecule is CCOC(=O)c1nnc2c(C)c(C)c(Cl)nn12. The van der Waals surface area contributed by atoms with Crippen molar-refractivity contribution in [1.82, 2.24) is 19.8 Å². The molecule has 0 atom stereocenters. The topological polar surface area (TPSA) is 69.4 Å². The van der Waals surface area contributed by atoms with Crippen LogP contribution in [0.1, 0.15) is 28.7 Å². The van der Waals surface area contributed by atoms with Gasteiger partial charge in [-0.25, -0.2) is 4.79 Å². The summed E-state index contributed by atoms with van der Waals surface area (Å²) >= 11 is 5.96. The van der Waals surface area contributed by atoms with Crippen LogP contribution in [0.2, 0.25) is 5.15 Å². The van der Waals surface area contributed by atoms with E-state index in [0.29, 0.717) is 10.8 Å². The first-order valence-electron chi connectivity index (χ1n) is 5.11. The molecule has 0 saturated heterocycles. The second-order valence-corrected chi connectivity index (χ2v) is 3.88. The predicted octanol–water partition coefficient (Wildman–Crippen LogP) is 1.57. The molecule has 0 aromatic carbocycles. The summed E-state index contributed by atoms with van der Waals surface area (Å²) in [6.07, 6.45) is 0. The van der Waals surface area contributed by atoms with Crippen molar-refractivity contribution in [3.8, 4) is 0 Å². The number of nitrogens with zero attached hydrogens (tertiary/aromatic N) is 4. The number of hydrogen-bond acceptors (Lipinski definition) is 5.